The third kappa shape index (κ3) is 6.72. The minimum absolute atomic E-state index is 0.109. The van der Waals surface area contributed by atoms with Gasteiger partial charge in [0.1, 0.15) is 0 Å². The van der Waals surface area contributed by atoms with Gasteiger partial charge in [0.15, 0.2) is 0 Å². The Hall–Kier alpha value is -1.86. The van der Waals surface area contributed by atoms with E-state index in [4.69, 9.17) is 5.11 Å². The van der Waals surface area contributed by atoms with E-state index in [0.717, 1.165) is 17.6 Å². The number of aliphatic hydroxyl groups excluding tert-OH is 1. The summed E-state index contributed by atoms with van der Waals surface area (Å²) >= 11 is 0. The fourth-order valence-corrected chi connectivity index (χ4v) is 2.62. The molecule has 24 heavy (non-hydrogen) atoms. The fourth-order valence-electron chi connectivity index (χ4n) is 2.62. The molecule has 1 rings (SSSR count). The van der Waals surface area contributed by atoms with Crippen LogP contribution in [0.2, 0.25) is 0 Å². The van der Waals surface area contributed by atoms with Crippen LogP contribution in [0, 0.1) is 5.41 Å². The van der Waals surface area contributed by atoms with Gasteiger partial charge in [-0.1, -0.05) is 79.7 Å². The molecule has 0 aromatic rings. The molecule has 0 radical (unpaired) electrons. The molecule has 0 saturated carbocycles. The molecule has 1 aliphatic carbocycles. The van der Waals surface area contributed by atoms with Crippen LogP contribution >= 0.6 is 0 Å². The summed E-state index contributed by atoms with van der Waals surface area (Å²) < 4.78 is 0. The molecule has 130 valence electrons. The summed E-state index contributed by atoms with van der Waals surface area (Å²) in [6.07, 6.45) is 20.3. The average Bonchev–Trinajstić information content (AvgIpc) is 2.51. The molecule has 0 aromatic carbocycles. The van der Waals surface area contributed by atoms with Gasteiger partial charge in [-0.05, 0) is 56.3 Å². The first kappa shape index (κ1) is 20.2. The van der Waals surface area contributed by atoms with E-state index in [2.05, 4.69) is 77.2 Å². The smallest absolute Gasteiger partial charge is 0.0642 e. The molecule has 0 bridgehead atoms. The van der Waals surface area contributed by atoms with Crippen LogP contribution in [0.25, 0.3) is 0 Å². The highest BCUT2D eigenvalue weighted by Gasteiger charge is 2.23. The van der Waals surface area contributed by atoms with Crippen LogP contribution < -0.4 is 0 Å². The summed E-state index contributed by atoms with van der Waals surface area (Å²) in [6.45, 7) is 13.0. The first-order chi connectivity index (χ1) is 11.3. The van der Waals surface area contributed by atoms with Crippen molar-refractivity contribution < 1.29 is 5.11 Å². The number of allylic oxidation sites excluding steroid dienone is 13. The predicted octanol–water partition coefficient (Wildman–Crippen LogP) is 6.23. The Balaban J connectivity index is 2.77. The molecule has 0 amide bonds. The number of hydrogen-bond donors (Lipinski definition) is 1. The van der Waals surface area contributed by atoms with Crippen molar-refractivity contribution in [2.45, 2.75) is 48.0 Å². The molecular weight excluding hydrogens is 292 g/mol. The summed E-state index contributed by atoms with van der Waals surface area (Å²) in [5.41, 5.74) is 6.34. The number of rotatable bonds is 6. The van der Waals surface area contributed by atoms with Crippen LogP contribution in [0.5, 0.6) is 0 Å². The number of hydrogen-bond acceptors (Lipinski definition) is 1. The maximum atomic E-state index is 8.98. The van der Waals surface area contributed by atoms with Crippen molar-refractivity contribution in [1.29, 1.82) is 0 Å². The quantitative estimate of drug-likeness (QED) is 0.574. The topological polar surface area (TPSA) is 20.2 Å². The van der Waals surface area contributed by atoms with Gasteiger partial charge in [-0.3, -0.25) is 0 Å². The Morgan fingerprint density at radius 3 is 2.38 bits per heavy atom. The second-order valence-corrected chi connectivity index (χ2v) is 7.27. The zero-order valence-corrected chi connectivity index (χ0v) is 16.1. The van der Waals surface area contributed by atoms with E-state index in [0.29, 0.717) is 0 Å². The molecular formula is C23H32O. The summed E-state index contributed by atoms with van der Waals surface area (Å²) in [5, 5.41) is 8.98. The van der Waals surface area contributed by atoms with E-state index in [1.54, 1.807) is 0 Å². The zero-order chi connectivity index (χ0) is 18.2. The highest BCUT2D eigenvalue weighted by Crippen LogP contribution is 2.37. The lowest BCUT2D eigenvalue weighted by molar-refractivity contribution is 0.331. The van der Waals surface area contributed by atoms with E-state index in [1.165, 1.54) is 16.7 Å². The van der Waals surface area contributed by atoms with Crippen LogP contribution in [-0.4, -0.2) is 11.7 Å². The van der Waals surface area contributed by atoms with Crippen LogP contribution in [-0.2, 0) is 0 Å². The molecule has 1 aliphatic rings. The monoisotopic (exact) mass is 324 g/mol. The summed E-state index contributed by atoms with van der Waals surface area (Å²) in [7, 11) is 0. The van der Waals surface area contributed by atoms with Gasteiger partial charge in [0.05, 0.1) is 6.61 Å². The molecule has 0 fully saturated rings. The Morgan fingerprint density at radius 1 is 1.08 bits per heavy atom. The molecule has 0 aromatic heterocycles. The van der Waals surface area contributed by atoms with Gasteiger partial charge in [-0.2, -0.15) is 0 Å². The maximum Gasteiger partial charge on any atom is 0.0642 e. The van der Waals surface area contributed by atoms with Crippen LogP contribution in [0.4, 0.5) is 0 Å². The van der Waals surface area contributed by atoms with Gasteiger partial charge in [-0.25, -0.2) is 0 Å². The van der Waals surface area contributed by atoms with Gasteiger partial charge in [0, 0.05) is 0 Å². The second-order valence-electron chi connectivity index (χ2n) is 7.27. The van der Waals surface area contributed by atoms with E-state index in [1.807, 2.05) is 19.1 Å². The Bertz CT molecular complexity index is 644. The van der Waals surface area contributed by atoms with Crippen molar-refractivity contribution in [2.75, 3.05) is 6.61 Å². The summed E-state index contributed by atoms with van der Waals surface area (Å²) in [4.78, 5) is 0. The van der Waals surface area contributed by atoms with Crippen LogP contribution in [0.15, 0.2) is 82.5 Å². The minimum Gasteiger partial charge on any atom is -0.392 e. The lowest BCUT2D eigenvalue weighted by atomic mass is 9.75. The Morgan fingerprint density at radius 2 is 1.75 bits per heavy atom. The van der Waals surface area contributed by atoms with Crippen molar-refractivity contribution in [3.8, 4) is 0 Å². The van der Waals surface area contributed by atoms with Gasteiger partial charge < -0.3 is 5.11 Å². The van der Waals surface area contributed by atoms with Gasteiger partial charge >= 0.3 is 0 Å². The second kappa shape index (κ2) is 9.44. The predicted molar refractivity (Wildman–Crippen MR) is 107 cm³/mol. The summed E-state index contributed by atoms with van der Waals surface area (Å²) in [5.74, 6) is 0. The molecule has 0 saturated heterocycles. The van der Waals surface area contributed by atoms with E-state index >= 15 is 0 Å². The van der Waals surface area contributed by atoms with E-state index in [9.17, 15) is 0 Å². The van der Waals surface area contributed by atoms with E-state index < -0.39 is 0 Å². The highest BCUT2D eigenvalue weighted by atomic mass is 16.3. The normalized spacial score (nSPS) is 19.9. The van der Waals surface area contributed by atoms with Gasteiger partial charge in [-0.15, -0.1) is 0 Å². The lowest BCUT2D eigenvalue weighted by Gasteiger charge is -2.29. The van der Waals surface area contributed by atoms with Crippen LogP contribution in [0.3, 0.4) is 0 Å². The first-order valence-corrected chi connectivity index (χ1v) is 8.62. The molecule has 0 heterocycles. The minimum atomic E-state index is 0.109. The van der Waals surface area contributed by atoms with Crippen molar-refractivity contribution in [3.63, 3.8) is 0 Å². The standard InChI is InChI=1S/C23H32O/c1-18(12-13-20(3)17-24)9-7-10-19(2)14-15-22-21(4)11-8-16-23(22,5)6/h7-15,24H,16-17H2,1-6H3. The lowest BCUT2D eigenvalue weighted by Crippen LogP contribution is -2.16. The molecule has 0 spiro atoms. The zero-order valence-electron chi connectivity index (χ0n) is 16.1. The summed E-state index contributed by atoms with van der Waals surface area (Å²) in [6, 6.07) is 0. The van der Waals surface area contributed by atoms with Crippen LogP contribution in [0.1, 0.15) is 48.0 Å². The molecule has 1 nitrogen and oxygen atoms in total. The number of aliphatic hydroxyl groups is 1. The van der Waals surface area contributed by atoms with E-state index in [-0.39, 0.29) is 12.0 Å². The molecule has 0 unspecified atom stereocenters. The molecule has 0 aliphatic heterocycles. The third-order valence-electron chi connectivity index (χ3n) is 4.26. The fraction of sp³-hybridized carbons (Fsp3) is 0.391. The molecule has 0 atom stereocenters. The first-order valence-electron chi connectivity index (χ1n) is 8.62. The highest BCUT2D eigenvalue weighted by molar-refractivity contribution is 5.42. The Labute approximate surface area is 148 Å². The molecule has 1 heteroatoms. The third-order valence-corrected chi connectivity index (χ3v) is 4.26. The van der Waals surface area contributed by atoms with Crippen molar-refractivity contribution in [1.82, 2.24) is 0 Å². The maximum absolute atomic E-state index is 8.98. The largest absolute Gasteiger partial charge is 0.392 e. The van der Waals surface area contributed by atoms with Gasteiger partial charge in [0.25, 0.3) is 0 Å². The Kier molecular flexibility index (Phi) is 7.94. The SMILES string of the molecule is CC(C=CC1=C(C)C=CCC1(C)C)=CC=CC(C)=CC=C(C)CO. The van der Waals surface area contributed by atoms with Gasteiger partial charge in [0.2, 0.25) is 0 Å². The van der Waals surface area contributed by atoms with Crippen molar-refractivity contribution >= 4 is 0 Å². The molecule has 1 N–H and O–H groups in total. The average molecular weight is 325 g/mol. The van der Waals surface area contributed by atoms with Crippen molar-refractivity contribution in [2.24, 2.45) is 5.41 Å². The van der Waals surface area contributed by atoms with Crippen molar-refractivity contribution in [3.05, 3.63) is 82.5 Å².